The highest BCUT2D eigenvalue weighted by molar-refractivity contribution is 5.68. The molecular weight excluding hydrogens is 246 g/mol. The van der Waals surface area contributed by atoms with E-state index in [4.69, 9.17) is 9.84 Å². The lowest BCUT2D eigenvalue weighted by Crippen LogP contribution is -2.35. The summed E-state index contributed by atoms with van der Waals surface area (Å²) in [5.41, 5.74) is -0.144. The molecule has 1 atom stereocenters. The number of anilines is 1. The quantitative estimate of drug-likeness (QED) is 0.844. The zero-order valence-electron chi connectivity index (χ0n) is 11.0. The van der Waals surface area contributed by atoms with E-state index in [0.29, 0.717) is 26.1 Å². The Morgan fingerprint density at radius 3 is 2.68 bits per heavy atom. The maximum atomic E-state index is 10.7. The molecule has 0 radical (unpaired) electrons. The van der Waals surface area contributed by atoms with E-state index in [-0.39, 0.29) is 6.42 Å². The number of hydrogen-bond acceptors (Lipinski definition) is 4. The van der Waals surface area contributed by atoms with E-state index in [1.54, 1.807) is 0 Å². The maximum absolute atomic E-state index is 10.7. The minimum atomic E-state index is -1.12. The monoisotopic (exact) mass is 265 g/mol. The highest BCUT2D eigenvalue weighted by atomic mass is 16.5. The predicted octanol–water partition coefficient (Wildman–Crippen LogP) is 1.50. The van der Waals surface area contributed by atoms with Gasteiger partial charge in [-0.25, -0.2) is 0 Å². The molecule has 1 aromatic carbocycles. The summed E-state index contributed by atoms with van der Waals surface area (Å²) in [7, 11) is 0. The van der Waals surface area contributed by atoms with Gasteiger partial charge >= 0.3 is 5.97 Å². The Morgan fingerprint density at radius 2 is 2.11 bits per heavy atom. The van der Waals surface area contributed by atoms with E-state index in [1.807, 2.05) is 36.1 Å². The zero-order valence-corrected chi connectivity index (χ0v) is 11.0. The molecule has 104 valence electrons. The molecule has 0 saturated carbocycles. The second-order valence-electron chi connectivity index (χ2n) is 4.89. The Labute approximate surface area is 112 Å². The van der Waals surface area contributed by atoms with Crippen LogP contribution in [-0.4, -0.2) is 41.5 Å². The van der Waals surface area contributed by atoms with Crippen LogP contribution >= 0.6 is 0 Å². The van der Waals surface area contributed by atoms with E-state index in [0.717, 1.165) is 11.4 Å². The van der Waals surface area contributed by atoms with Gasteiger partial charge in [-0.2, -0.15) is 0 Å². The first-order valence-electron chi connectivity index (χ1n) is 6.44. The fraction of sp³-hybridized carbons (Fsp3) is 0.500. The molecule has 1 saturated heterocycles. The Bertz CT molecular complexity index is 445. The zero-order chi connectivity index (χ0) is 13.9. The summed E-state index contributed by atoms with van der Waals surface area (Å²) >= 11 is 0. The third-order valence-electron chi connectivity index (χ3n) is 3.33. The molecule has 0 spiro atoms. The van der Waals surface area contributed by atoms with Crippen LogP contribution in [0.3, 0.4) is 0 Å². The highest BCUT2D eigenvalue weighted by Gasteiger charge is 2.38. The van der Waals surface area contributed by atoms with E-state index in [1.165, 1.54) is 0 Å². The minimum Gasteiger partial charge on any atom is -0.494 e. The molecule has 0 bridgehead atoms. The molecule has 5 nitrogen and oxygen atoms in total. The van der Waals surface area contributed by atoms with Crippen molar-refractivity contribution in [2.45, 2.75) is 25.4 Å². The van der Waals surface area contributed by atoms with Crippen LogP contribution in [-0.2, 0) is 4.79 Å². The minimum absolute atomic E-state index is 0.208. The highest BCUT2D eigenvalue weighted by Crippen LogP contribution is 2.30. The average Bonchev–Trinajstić information content (AvgIpc) is 2.72. The van der Waals surface area contributed by atoms with Crippen molar-refractivity contribution in [1.82, 2.24) is 0 Å². The second kappa shape index (κ2) is 5.48. The summed E-state index contributed by atoms with van der Waals surface area (Å²) in [4.78, 5) is 12.7. The van der Waals surface area contributed by atoms with E-state index < -0.39 is 11.6 Å². The molecule has 19 heavy (non-hydrogen) atoms. The molecule has 0 aromatic heterocycles. The number of benzene rings is 1. The number of rotatable bonds is 5. The smallest absolute Gasteiger partial charge is 0.306 e. The van der Waals surface area contributed by atoms with E-state index in [9.17, 15) is 9.90 Å². The van der Waals surface area contributed by atoms with Crippen LogP contribution in [0.1, 0.15) is 19.8 Å². The summed E-state index contributed by atoms with van der Waals surface area (Å²) < 4.78 is 5.37. The van der Waals surface area contributed by atoms with Crippen molar-refractivity contribution >= 4 is 11.7 Å². The SMILES string of the molecule is CCOc1ccc(N2CCC(O)(CC(=O)O)C2)cc1. The molecule has 2 N–H and O–H groups in total. The van der Waals surface area contributed by atoms with Crippen molar-refractivity contribution in [1.29, 1.82) is 0 Å². The van der Waals surface area contributed by atoms with Gasteiger partial charge in [0.2, 0.25) is 0 Å². The first-order valence-corrected chi connectivity index (χ1v) is 6.44. The molecule has 1 heterocycles. The van der Waals surface area contributed by atoms with E-state index >= 15 is 0 Å². The van der Waals surface area contributed by atoms with Gasteiger partial charge in [-0.15, -0.1) is 0 Å². The van der Waals surface area contributed by atoms with Gasteiger partial charge in [0, 0.05) is 18.8 Å². The molecule has 2 rings (SSSR count). The molecule has 1 aliphatic heterocycles. The van der Waals surface area contributed by atoms with Gasteiger partial charge in [-0.3, -0.25) is 4.79 Å². The Hall–Kier alpha value is -1.75. The lowest BCUT2D eigenvalue weighted by atomic mass is 9.99. The first-order chi connectivity index (χ1) is 9.02. The van der Waals surface area contributed by atoms with Gasteiger partial charge < -0.3 is 19.8 Å². The predicted molar refractivity (Wildman–Crippen MR) is 71.6 cm³/mol. The molecule has 1 aliphatic rings. The third kappa shape index (κ3) is 3.38. The van der Waals surface area contributed by atoms with Crippen LogP contribution in [0.15, 0.2) is 24.3 Å². The Morgan fingerprint density at radius 1 is 1.42 bits per heavy atom. The summed E-state index contributed by atoms with van der Waals surface area (Å²) in [5, 5.41) is 19.0. The molecule has 0 amide bonds. The second-order valence-corrected chi connectivity index (χ2v) is 4.89. The molecule has 5 heteroatoms. The van der Waals surface area contributed by atoms with Crippen molar-refractivity contribution in [3.05, 3.63) is 24.3 Å². The topological polar surface area (TPSA) is 70.0 Å². The van der Waals surface area contributed by atoms with Gasteiger partial charge in [0.15, 0.2) is 0 Å². The van der Waals surface area contributed by atoms with Gasteiger partial charge in [-0.1, -0.05) is 0 Å². The van der Waals surface area contributed by atoms with E-state index in [2.05, 4.69) is 0 Å². The number of ether oxygens (including phenoxy) is 1. The fourth-order valence-corrected chi connectivity index (χ4v) is 2.42. The van der Waals surface area contributed by atoms with Gasteiger partial charge in [0.1, 0.15) is 5.75 Å². The lowest BCUT2D eigenvalue weighted by Gasteiger charge is -2.23. The molecule has 0 aliphatic carbocycles. The van der Waals surface area contributed by atoms with Gasteiger partial charge in [-0.05, 0) is 37.6 Å². The van der Waals surface area contributed by atoms with Crippen LogP contribution in [0.2, 0.25) is 0 Å². The number of aliphatic carboxylic acids is 1. The summed E-state index contributed by atoms with van der Waals surface area (Å²) in [6.45, 7) is 3.58. The fourth-order valence-electron chi connectivity index (χ4n) is 2.42. The molecular formula is C14H19NO4. The van der Waals surface area contributed by atoms with Gasteiger partial charge in [0.25, 0.3) is 0 Å². The molecule has 1 fully saturated rings. The van der Waals surface area contributed by atoms with Crippen molar-refractivity contribution in [2.24, 2.45) is 0 Å². The van der Waals surface area contributed by atoms with Crippen molar-refractivity contribution in [3.63, 3.8) is 0 Å². The number of hydrogen-bond donors (Lipinski definition) is 2. The average molecular weight is 265 g/mol. The Balaban J connectivity index is 2.02. The van der Waals surface area contributed by atoms with Crippen molar-refractivity contribution < 1.29 is 19.7 Å². The van der Waals surface area contributed by atoms with Crippen LogP contribution < -0.4 is 9.64 Å². The lowest BCUT2D eigenvalue weighted by molar-refractivity contribution is -0.141. The number of β-amino-alcohol motifs (C(OH)–C–C–N with tert-alkyl or cyclic N) is 1. The third-order valence-corrected chi connectivity index (χ3v) is 3.33. The van der Waals surface area contributed by atoms with Crippen LogP contribution in [0.25, 0.3) is 0 Å². The number of carboxylic acids is 1. The standard InChI is InChI=1S/C14H19NO4/c1-2-19-12-5-3-11(4-6-12)15-8-7-14(18,10-15)9-13(16)17/h3-6,18H,2,7-10H2,1H3,(H,16,17). The maximum Gasteiger partial charge on any atom is 0.306 e. The normalized spacial score (nSPS) is 22.5. The summed E-state index contributed by atoms with van der Waals surface area (Å²) in [5.74, 6) is -0.151. The number of nitrogens with zero attached hydrogens (tertiary/aromatic N) is 1. The summed E-state index contributed by atoms with van der Waals surface area (Å²) in [6.07, 6.45) is 0.271. The van der Waals surface area contributed by atoms with Gasteiger partial charge in [0.05, 0.1) is 18.6 Å². The van der Waals surface area contributed by atoms with Crippen LogP contribution in [0.4, 0.5) is 5.69 Å². The molecule has 1 unspecified atom stereocenters. The number of carboxylic acid groups (broad SMARTS) is 1. The number of carbonyl (C=O) groups is 1. The molecule has 1 aromatic rings. The number of aliphatic hydroxyl groups is 1. The van der Waals surface area contributed by atoms with Crippen LogP contribution in [0.5, 0.6) is 5.75 Å². The Kier molecular flexibility index (Phi) is 3.95. The van der Waals surface area contributed by atoms with Crippen molar-refractivity contribution in [3.8, 4) is 5.75 Å². The largest absolute Gasteiger partial charge is 0.494 e. The van der Waals surface area contributed by atoms with Crippen molar-refractivity contribution in [2.75, 3.05) is 24.6 Å². The van der Waals surface area contributed by atoms with Crippen LogP contribution in [0, 0.1) is 0 Å². The summed E-state index contributed by atoms with van der Waals surface area (Å²) in [6, 6.07) is 7.62. The first kappa shape index (κ1) is 13.7.